The summed E-state index contributed by atoms with van der Waals surface area (Å²) >= 11 is 0. The summed E-state index contributed by atoms with van der Waals surface area (Å²) in [6, 6.07) is 11.1. The van der Waals surface area contributed by atoms with E-state index in [-0.39, 0.29) is 5.97 Å². The predicted molar refractivity (Wildman–Crippen MR) is 74.8 cm³/mol. The van der Waals surface area contributed by atoms with Gasteiger partial charge in [-0.15, -0.1) is 0 Å². The highest BCUT2D eigenvalue weighted by Gasteiger charge is 2.16. The quantitative estimate of drug-likeness (QED) is 0.684. The van der Waals surface area contributed by atoms with Gasteiger partial charge in [0.05, 0.1) is 17.6 Å². The van der Waals surface area contributed by atoms with Crippen LogP contribution in [-0.4, -0.2) is 27.1 Å². The number of pyridine rings is 1. The van der Waals surface area contributed by atoms with Gasteiger partial charge in [0.1, 0.15) is 11.9 Å². The number of aromatic nitrogens is 3. The molecule has 0 atom stereocenters. The van der Waals surface area contributed by atoms with Crippen molar-refractivity contribution < 1.29 is 9.53 Å². The van der Waals surface area contributed by atoms with Crippen LogP contribution < -0.4 is 0 Å². The van der Waals surface area contributed by atoms with E-state index in [2.05, 4.69) is 9.97 Å². The second-order valence-corrected chi connectivity index (χ2v) is 4.20. The summed E-state index contributed by atoms with van der Waals surface area (Å²) in [5.74, 6) is 0.146. The van der Waals surface area contributed by atoms with Gasteiger partial charge < -0.3 is 4.74 Å². The molecule has 0 aliphatic carbocycles. The molecule has 0 fully saturated rings. The maximum Gasteiger partial charge on any atom is 0.341 e. The van der Waals surface area contributed by atoms with Crippen molar-refractivity contribution in [1.29, 1.82) is 0 Å². The Balaban J connectivity index is 2.17. The smallest absolute Gasteiger partial charge is 0.341 e. The third kappa shape index (κ3) is 2.03. The van der Waals surface area contributed by atoms with Crippen LogP contribution in [0.4, 0.5) is 0 Å². The molecule has 0 radical (unpaired) electrons. The van der Waals surface area contributed by atoms with Crippen LogP contribution in [0.25, 0.3) is 16.9 Å². The summed E-state index contributed by atoms with van der Waals surface area (Å²) in [5.41, 5.74) is 2.18. The Hall–Kier alpha value is -2.69. The number of carbonyl (C=O) groups excluding carboxylic acids is 1. The van der Waals surface area contributed by atoms with Gasteiger partial charge >= 0.3 is 5.97 Å². The molecule has 0 saturated heterocycles. The second kappa shape index (κ2) is 5.13. The Labute approximate surface area is 115 Å². The SMILES string of the molecule is CCOC(=O)c1cccnc1-n1cnc2ccccc21. The number of nitrogens with zero attached hydrogens (tertiary/aromatic N) is 3. The number of fused-ring (bicyclic) bond motifs is 1. The Bertz CT molecular complexity index is 764. The summed E-state index contributed by atoms with van der Waals surface area (Å²) in [5, 5.41) is 0. The molecule has 0 saturated carbocycles. The van der Waals surface area contributed by atoms with Crippen LogP contribution >= 0.6 is 0 Å². The summed E-state index contributed by atoms with van der Waals surface area (Å²) in [6.45, 7) is 2.11. The fourth-order valence-electron chi connectivity index (χ4n) is 2.09. The largest absolute Gasteiger partial charge is 0.462 e. The van der Waals surface area contributed by atoms with Gasteiger partial charge in [-0.05, 0) is 31.2 Å². The van der Waals surface area contributed by atoms with E-state index < -0.39 is 0 Å². The van der Waals surface area contributed by atoms with Gasteiger partial charge in [-0.2, -0.15) is 0 Å². The van der Waals surface area contributed by atoms with Gasteiger partial charge in [-0.1, -0.05) is 12.1 Å². The molecule has 1 aromatic carbocycles. The molecular weight excluding hydrogens is 254 g/mol. The van der Waals surface area contributed by atoms with Gasteiger partial charge in [0, 0.05) is 6.20 Å². The van der Waals surface area contributed by atoms with Crippen molar-refractivity contribution in [3.63, 3.8) is 0 Å². The molecule has 0 bridgehead atoms. The first-order valence-corrected chi connectivity index (χ1v) is 6.36. The van der Waals surface area contributed by atoms with Crippen molar-refractivity contribution in [1.82, 2.24) is 14.5 Å². The lowest BCUT2D eigenvalue weighted by atomic mass is 10.2. The first-order chi connectivity index (χ1) is 9.81. The lowest BCUT2D eigenvalue weighted by Gasteiger charge is -2.08. The topological polar surface area (TPSA) is 57.0 Å². The van der Waals surface area contributed by atoms with E-state index in [1.807, 2.05) is 24.3 Å². The molecule has 0 aliphatic heterocycles. The fourth-order valence-corrected chi connectivity index (χ4v) is 2.09. The van der Waals surface area contributed by atoms with Crippen molar-refractivity contribution in [3.8, 4) is 5.82 Å². The molecule has 0 unspecified atom stereocenters. The zero-order chi connectivity index (χ0) is 13.9. The van der Waals surface area contributed by atoms with Crippen LogP contribution in [0, 0.1) is 0 Å². The van der Waals surface area contributed by atoms with Gasteiger partial charge in [-0.3, -0.25) is 4.57 Å². The van der Waals surface area contributed by atoms with Crippen molar-refractivity contribution >= 4 is 17.0 Å². The maximum atomic E-state index is 12.0. The highest BCUT2D eigenvalue weighted by Crippen LogP contribution is 2.19. The Morgan fingerprint density at radius 1 is 1.20 bits per heavy atom. The van der Waals surface area contributed by atoms with Crippen LogP contribution in [0.2, 0.25) is 0 Å². The number of hydrogen-bond donors (Lipinski definition) is 0. The van der Waals surface area contributed by atoms with Crippen molar-refractivity contribution in [2.24, 2.45) is 0 Å². The number of benzene rings is 1. The van der Waals surface area contributed by atoms with Gasteiger partial charge in [-0.25, -0.2) is 14.8 Å². The van der Waals surface area contributed by atoms with Gasteiger partial charge in [0.25, 0.3) is 0 Å². The van der Waals surface area contributed by atoms with E-state index in [1.54, 1.807) is 36.1 Å². The molecule has 3 rings (SSSR count). The first kappa shape index (κ1) is 12.3. The average molecular weight is 267 g/mol. The number of carbonyl (C=O) groups is 1. The summed E-state index contributed by atoms with van der Waals surface area (Å²) in [7, 11) is 0. The molecule has 100 valence electrons. The Morgan fingerprint density at radius 3 is 2.90 bits per heavy atom. The minimum Gasteiger partial charge on any atom is -0.462 e. The highest BCUT2D eigenvalue weighted by atomic mass is 16.5. The van der Waals surface area contributed by atoms with Gasteiger partial charge in [0.15, 0.2) is 5.82 Å². The molecule has 3 aromatic rings. The maximum absolute atomic E-state index is 12.0. The molecule has 0 amide bonds. The molecular formula is C15H13N3O2. The summed E-state index contributed by atoms with van der Waals surface area (Å²) < 4.78 is 6.86. The molecule has 2 heterocycles. The van der Waals surface area contributed by atoms with E-state index in [0.29, 0.717) is 18.0 Å². The van der Waals surface area contributed by atoms with Crippen molar-refractivity contribution in [2.75, 3.05) is 6.61 Å². The van der Waals surface area contributed by atoms with Crippen molar-refractivity contribution in [3.05, 3.63) is 54.5 Å². The standard InChI is InChI=1S/C15H13N3O2/c1-2-20-15(19)11-6-5-9-16-14(11)18-10-17-12-7-3-4-8-13(12)18/h3-10H,2H2,1H3. The summed E-state index contributed by atoms with van der Waals surface area (Å²) in [6.07, 6.45) is 3.31. The zero-order valence-corrected chi connectivity index (χ0v) is 11.0. The van der Waals surface area contributed by atoms with Crippen LogP contribution in [0.15, 0.2) is 48.9 Å². The predicted octanol–water partition coefficient (Wildman–Crippen LogP) is 2.60. The third-order valence-corrected chi connectivity index (χ3v) is 2.96. The van der Waals surface area contributed by atoms with Crippen LogP contribution in [0.5, 0.6) is 0 Å². The third-order valence-electron chi connectivity index (χ3n) is 2.96. The molecule has 0 aliphatic rings. The number of ether oxygens (including phenoxy) is 1. The number of esters is 1. The van der Waals surface area contributed by atoms with Crippen molar-refractivity contribution in [2.45, 2.75) is 6.92 Å². The van der Waals surface area contributed by atoms with E-state index in [9.17, 15) is 4.79 Å². The Morgan fingerprint density at radius 2 is 2.05 bits per heavy atom. The fraction of sp³-hybridized carbons (Fsp3) is 0.133. The summed E-state index contributed by atoms with van der Waals surface area (Å²) in [4.78, 5) is 20.6. The molecule has 20 heavy (non-hydrogen) atoms. The molecule has 0 N–H and O–H groups in total. The second-order valence-electron chi connectivity index (χ2n) is 4.20. The van der Waals surface area contributed by atoms with Crippen LogP contribution in [0.1, 0.15) is 17.3 Å². The van der Waals surface area contributed by atoms with E-state index in [0.717, 1.165) is 11.0 Å². The molecule has 5 heteroatoms. The highest BCUT2D eigenvalue weighted by molar-refractivity contribution is 5.93. The van der Waals surface area contributed by atoms with E-state index >= 15 is 0 Å². The van der Waals surface area contributed by atoms with E-state index in [4.69, 9.17) is 4.74 Å². The Kier molecular flexibility index (Phi) is 3.16. The minimum atomic E-state index is -0.381. The molecule has 5 nitrogen and oxygen atoms in total. The first-order valence-electron chi connectivity index (χ1n) is 6.36. The monoisotopic (exact) mass is 267 g/mol. The zero-order valence-electron chi connectivity index (χ0n) is 11.0. The number of rotatable bonds is 3. The lowest BCUT2D eigenvalue weighted by Crippen LogP contribution is -2.10. The number of para-hydroxylation sites is 2. The van der Waals surface area contributed by atoms with E-state index in [1.165, 1.54) is 0 Å². The molecule has 0 spiro atoms. The average Bonchev–Trinajstić information content (AvgIpc) is 2.91. The van der Waals surface area contributed by atoms with Crippen LogP contribution in [-0.2, 0) is 4.74 Å². The molecule has 2 aromatic heterocycles. The minimum absolute atomic E-state index is 0.331. The van der Waals surface area contributed by atoms with Gasteiger partial charge in [0.2, 0.25) is 0 Å². The number of imidazole rings is 1. The number of hydrogen-bond acceptors (Lipinski definition) is 4. The lowest BCUT2D eigenvalue weighted by molar-refractivity contribution is 0.0526. The van der Waals surface area contributed by atoms with Crippen LogP contribution in [0.3, 0.4) is 0 Å². The normalized spacial score (nSPS) is 10.7.